The standard InChI is InChI=1S/C20H29N3O2/c1-14-8-11-23(12-9-14)20(25)16-3-5-18(6-4-16)22-19(24)17-7-10-21-15(2)13-17/h3-6,14-15,17,21H,7-13H2,1-2H3,(H,22,24)/t15-,17-/m0/s1. The van der Waals surface area contributed by atoms with E-state index in [1.807, 2.05) is 29.2 Å². The third-order valence-corrected chi connectivity index (χ3v) is 5.46. The summed E-state index contributed by atoms with van der Waals surface area (Å²) in [6.07, 6.45) is 3.90. The number of likely N-dealkylation sites (tertiary alicyclic amines) is 1. The number of nitrogens with zero attached hydrogens (tertiary/aromatic N) is 1. The third kappa shape index (κ3) is 4.60. The molecule has 0 spiro atoms. The average molecular weight is 343 g/mol. The van der Waals surface area contributed by atoms with Gasteiger partial charge in [-0.15, -0.1) is 0 Å². The Labute approximate surface area is 150 Å². The van der Waals surface area contributed by atoms with Gasteiger partial charge < -0.3 is 15.5 Å². The normalized spacial score (nSPS) is 24.8. The maximum absolute atomic E-state index is 12.6. The van der Waals surface area contributed by atoms with Crippen molar-refractivity contribution in [2.75, 3.05) is 25.0 Å². The average Bonchev–Trinajstić information content (AvgIpc) is 2.62. The third-order valence-electron chi connectivity index (χ3n) is 5.46. The summed E-state index contributed by atoms with van der Waals surface area (Å²) in [5.41, 5.74) is 1.46. The molecule has 0 aromatic heterocycles. The highest BCUT2D eigenvalue weighted by molar-refractivity contribution is 5.96. The molecule has 5 nitrogen and oxygen atoms in total. The largest absolute Gasteiger partial charge is 0.339 e. The van der Waals surface area contributed by atoms with Gasteiger partial charge in [-0.3, -0.25) is 9.59 Å². The van der Waals surface area contributed by atoms with Gasteiger partial charge in [0.1, 0.15) is 0 Å². The molecular weight excluding hydrogens is 314 g/mol. The fourth-order valence-electron chi connectivity index (χ4n) is 3.70. The predicted octanol–water partition coefficient (Wildman–Crippen LogP) is 2.89. The summed E-state index contributed by atoms with van der Waals surface area (Å²) < 4.78 is 0. The number of amides is 2. The second kappa shape index (κ2) is 8.00. The molecule has 0 unspecified atom stereocenters. The summed E-state index contributed by atoms with van der Waals surface area (Å²) in [4.78, 5) is 26.9. The number of rotatable bonds is 3. The number of carbonyl (C=O) groups excluding carboxylic acids is 2. The highest BCUT2D eigenvalue weighted by Crippen LogP contribution is 2.21. The highest BCUT2D eigenvalue weighted by atomic mass is 16.2. The Morgan fingerprint density at radius 2 is 1.76 bits per heavy atom. The number of carbonyl (C=O) groups is 2. The summed E-state index contributed by atoms with van der Waals surface area (Å²) in [7, 11) is 0. The van der Waals surface area contributed by atoms with Crippen LogP contribution in [0.3, 0.4) is 0 Å². The van der Waals surface area contributed by atoms with Gasteiger partial charge in [-0.05, 0) is 69.3 Å². The van der Waals surface area contributed by atoms with E-state index in [2.05, 4.69) is 24.5 Å². The molecule has 2 heterocycles. The molecule has 3 rings (SSSR count). The van der Waals surface area contributed by atoms with E-state index in [0.717, 1.165) is 51.0 Å². The van der Waals surface area contributed by atoms with E-state index >= 15 is 0 Å². The van der Waals surface area contributed by atoms with Crippen LogP contribution in [0.4, 0.5) is 5.69 Å². The Hall–Kier alpha value is -1.88. The lowest BCUT2D eigenvalue weighted by Gasteiger charge is -2.30. The molecule has 2 fully saturated rings. The molecule has 2 saturated heterocycles. The second-order valence-corrected chi connectivity index (χ2v) is 7.62. The number of hydrogen-bond acceptors (Lipinski definition) is 3. The molecule has 136 valence electrons. The first-order valence-corrected chi connectivity index (χ1v) is 9.46. The van der Waals surface area contributed by atoms with Gasteiger partial charge >= 0.3 is 0 Å². The van der Waals surface area contributed by atoms with Crippen molar-refractivity contribution < 1.29 is 9.59 Å². The number of benzene rings is 1. The zero-order chi connectivity index (χ0) is 17.8. The molecule has 0 saturated carbocycles. The lowest BCUT2D eigenvalue weighted by molar-refractivity contribution is -0.120. The summed E-state index contributed by atoms with van der Waals surface area (Å²) in [5, 5.41) is 6.35. The molecule has 0 bridgehead atoms. The Kier molecular flexibility index (Phi) is 5.74. The van der Waals surface area contributed by atoms with Crippen molar-refractivity contribution in [1.82, 2.24) is 10.2 Å². The van der Waals surface area contributed by atoms with Crippen molar-refractivity contribution in [1.29, 1.82) is 0 Å². The topological polar surface area (TPSA) is 61.4 Å². The lowest BCUT2D eigenvalue weighted by atomic mass is 9.92. The number of anilines is 1. The molecule has 2 aliphatic rings. The van der Waals surface area contributed by atoms with Crippen LogP contribution in [0.2, 0.25) is 0 Å². The van der Waals surface area contributed by atoms with Crippen molar-refractivity contribution in [3.8, 4) is 0 Å². The van der Waals surface area contributed by atoms with Gasteiger partial charge in [0, 0.05) is 36.3 Å². The zero-order valence-electron chi connectivity index (χ0n) is 15.3. The molecule has 1 aromatic carbocycles. The molecule has 1 aromatic rings. The first-order valence-electron chi connectivity index (χ1n) is 9.46. The lowest BCUT2D eigenvalue weighted by Crippen LogP contribution is -2.40. The van der Waals surface area contributed by atoms with Crippen LogP contribution in [0.5, 0.6) is 0 Å². The fourth-order valence-corrected chi connectivity index (χ4v) is 3.70. The molecule has 0 radical (unpaired) electrons. The van der Waals surface area contributed by atoms with Gasteiger partial charge in [0.2, 0.25) is 5.91 Å². The first-order chi connectivity index (χ1) is 12.0. The molecule has 0 aliphatic carbocycles. The van der Waals surface area contributed by atoms with E-state index < -0.39 is 0 Å². The van der Waals surface area contributed by atoms with Gasteiger partial charge in [0.25, 0.3) is 5.91 Å². The van der Waals surface area contributed by atoms with Crippen LogP contribution in [-0.2, 0) is 4.79 Å². The van der Waals surface area contributed by atoms with E-state index in [4.69, 9.17) is 0 Å². The van der Waals surface area contributed by atoms with E-state index in [9.17, 15) is 9.59 Å². The summed E-state index contributed by atoms with van der Waals surface area (Å²) >= 11 is 0. The predicted molar refractivity (Wildman–Crippen MR) is 99.6 cm³/mol. The highest BCUT2D eigenvalue weighted by Gasteiger charge is 2.25. The Bertz CT molecular complexity index is 606. The summed E-state index contributed by atoms with van der Waals surface area (Å²) in [5.74, 6) is 0.946. The molecule has 2 amide bonds. The molecular formula is C20H29N3O2. The molecule has 2 atom stereocenters. The van der Waals surface area contributed by atoms with Crippen LogP contribution in [0.15, 0.2) is 24.3 Å². The summed E-state index contributed by atoms with van der Waals surface area (Å²) in [6.45, 7) is 6.92. The fraction of sp³-hybridized carbons (Fsp3) is 0.600. The smallest absolute Gasteiger partial charge is 0.253 e. The number of piperidine rings is 2. The maximum atomic E-state index is 12.6. The van der Waals surface area contributed by atoms with Crippen LogP contribution < -0.4 is 10.6 Å². The van der Waals surface area contributed by atoms with Crippen LogP contribution in [0, 0.1) is 11.8 Å². The van der Waals surface area contributed by atoms with Gasteiger partial charge in [-0.25, -0.2) is 0 Å². The number of hydrogen-bond donors (Lipinski definition) is 2. The molecule has 2 N–H and O–H groups in total. The quantitative estimate of drug-likeness (QED) is 0.887. The Morgan fingerprint density at radius 3 is 2.40 bits per heavy atom. The van der Waals surface area contributed by atoms with Crippen LogP contribution >= 0.6 is 0 Å². The van der Waals surface area contributed by atoms with Crippen LogP contribution in [-0.4, -0.2) is 42.4 Å². The van der Waals surface area contributed by atoms with Gasteiger partial charge in [0.05, 0.1) is 0 Å². The van der Waals surface area contributed by atoms with Crippen molar-refractivity contribution >= 4 is 17.5 Å². The molecule has 2 aliphatic heterocycles. The van der Waals surface area contributed by atoms with Crippen LogP contribution in [0.25, 0.3) is 0 Å². The first kappa shape index (κ1) is 17.9. The number of nitrogens with one attached hydrogen (secondary N) is 2. The monoisotopic (exact) mass is 343 g/mol. The van der Waals surface area contributed by atoms with Crippen molar-refractivity contribution in [3.05, 3.63) is 29.8 Å². The Morgan fingerprint density at radius 1 is 1.08 bits per heavy atom. The maximum Gasteiger partial charge on any atom is 0.253 e. The molecule has 25 heavy (non-hydrogen) atoms. The SMILES string of the molecule is CC1CCN(C(=O)c2ccc(NC(=O)[C@H]3CCN[C@@H](C)C3)cc2)CC1. The summed E-state index contributed by atoms with van der Waals surface area (Å²) in [6, 6.07) is 7.70. The van der Waals surface area contributed by atoms with Crippen molar-refractivity contribution in [2.24, 2.45) is 11.8 Å². The minimum Gasteiger partial charge on any atom is -0.339 e. The minimum absolute atomic E-state index is 0.0629. The van der Waals surface area contributed by atoms with Gasteiger partial charge in [-0.1, -0.05) is 6.92 Å². The van der Waals surface area contributed by atoms with E-state index in [1.54, 1.807) is 0 Å². The van der Waals surface area contributed by atoms with Crippen molar-refractivity contribution in [3.63, 3.8) is 0 Å². The van der Waals surface area contributed by atoms with Gasteiger partial charge in [-0.2, -0.15) is 0 Å². The van der Waals surface area contributed by atoms with E-state index in [0.29, 0.717) is 17.5 Å². The molecule has 5 heteroatoms. The minimum atomic E-state index is 0.0629. The zero-order valence-corrected chi connectivity index (χ0v) is 15.3. The van der Waals surface area contributed by atoms with Crippen molar-refractivity contribution in [2.45, 2.75) is 45.6 Å². The van der Waals surface area contributed by atoms with E-state index in [1.165, 1.54) is 0 Å². The van der Waals surface area contributed by atoms with Crippen LogP contribution in [0.1, 0.15) is 49.9 Å². The van der Waals surface area contributed by atoms with Gasteiger partial charge in [0.15, 0.2) is 0 Å². The van der Waals surface area contributed by atoms with E-state index in [-0.39, 0.29) is 17.7 Å². The second-order valence-electron chi connectivity index (χ2n) is 7.62. The Balaban J connectivity index is 1.56.